The predicted molar refractivity (Wildman–Crippen MR) is 83.8 cm³/mol. The molecule has 20 heavy (non-hydrogen) atoms. The number of fused-ring (bicyclic) bond motifs is 1. The van der Waals surface area contributed by atoms with Crippen molar-refractivity contribution in [2.45, 2.75) is 19.8 Å². The van der Waals surface area contributed by atoms with Crippen LogP contribution in [-0.4, -0.2) is 13.2 Å². The van der Waals surface area contributed by atoms with Gasteiger partial charge in [0.05, 0.1) is 18.0 Å². The minimum atomic E-state index is 0.629. The molecule has 2 N–H and O–H groups in total. The lowest BCUT2D eigenvalue weighted by Crippen LogP contribution is -2.25. The highest BCUT2D eigenvalue weighted by molar-refractivity contribution is 5.80. The number of nitrogens with zero attached hydrogens (tertiary/aromatic N) is 1. The predicted octanol–water partition coefficient (Wildman–Crippen LogP) is 3.75. The van der Waals surface area contributed by atoms with Crippen molar-refractivity contribution in [2.24, 2.45) is 0 Å². The molecule has 2 aromatic rings. The summed E-state index contributed by atoms with van der Waals surface area (Å²) in [5, 5.41) is 0. The van der Waals surface area contributed by atoms with E-state index in [-0.39, 0.29) is 0 Å². The quantitative estimate of drug-likeness (QED) is 0.862. The molecule has 3 nitrogen and oxygen atoms in total. The lowest BCUT2D eigenvalue weighted by molar-refractivity contribution is 0.342. The molecule has 1 heterocycles. The standard InChI is InChI=1S/C17H20N2O/c1-2-20-16-11-5-10-15(17(16)18)19-12-6-8-13-7-3-4-9-14(13)19/h3-5,7,9-11H,2,6,8,12,18H2,1H3. The van der Waals surface area contributed by atoms with Crippen molar-refractivity contribution < 1.29 is 4.74 Å². The molecule has 0 saturated carbocycles. The molecule has 3 rings (SSSR count). The van der Waals surface area contributed by atoms with Crippen LogP contribution in [0.25, 0.3) is 0 Å². The van der Waals surface area contributed by atoms with Crippen LogP contribution in [0.15, 0.2) is 42.5 Å². The van der Waals surface area contributed by atoms with E-state index in [2.05, 4.69) is 35.2 Å². The van der Waals surface area contributed by atoms with Gasteiger partial charge in [0, 0.05) is 12.2 Å². The van der Waals surface area contributed by atoms with Gasteiger partial charge in [-0.25, -0.2) is 0 Å². The molecule has 104 valence electrons. The number of hydrogen-bond donors (Lipinski definition) is 1. The van der Waals surface area contributed by atoms with Gasteiger partial charge < -0.3 is 15.4 Å². The number of aryl methyl sites for hydroxylation is 1. The smallest absolute Gasteiger partial charge is 0.144 e. The first kappa shape index (κ1) is 12.9. The van der Waals surface area contributed by atoms with E-state index in [0.717, 1.165) is 36.5 Å². The van der Waals surface area contributed by atoms with E-state index < -0.39 is 0 Å². The summed E-state index contributed by atoms with van der Waals surface area (Å²) in [5.74, 6) is 0.771. The molecule has 0 radical (unpaired) electrons. The zero-order valence-corrected chi connectivity index (χ0v) is 11.8. The van der Waals surface area contributed by atoms with Crippen molar-refractivity contribution in [3.8, 4) is 5.75 Å². The third-order valence-electron chi connectivity index (χ3n) is 3.74. The molecule has 0 atom stereocenters. The number of hydrogen-bond acceptors (Lipinski definition) is 3. The van der Waals surface area contributed by atoms with E-state index in [1.54, 1.807) is 0 Å². The Morgan fingerprint density at radius 2 is 1.90 bits per heavy atom. The number of benzene rings is 2. The lowest BCUT2D eigenvalue weighted by Gasteiger charge is -2.32. The third-order valence-corrected chi connectivity index (χ3v) is 3.74. The summed E-state index contributed by atoms with van der Waals surface area (Å²) in [5.41, 5.74) is 10.7. The molecule has 0 amide bonds. The maximum atomic E-state index is 6.29. The summed E-state index contributed by atoms with van der Waals surface area (Å²) in [6.45, 7) is 3.60. The Bertz CT molecular complexity index is 610. The first-order valence-corrected chi connectivity index (χ1v) is 7.18. The highest BCUT2D eigenvalue weighted by Crippen LogP contribution is 2.39. The van der Waals surface area contributed by atoms with Gasteiger partial charge in [0.2, 0.25) is 0 Å². The first-order chi connectivity index (χ1) is 9.81. The van der Waals surface area contributed by atoms with Crippen LogP contribution in [0.4, 0.5) is 17.1 Å². The molecule has 1 aliphatic heterocycles. The normalized spacial score (nSPS) is 13.9. The average Bonchev–Trinajstić information content (AvgIpc) is 2.49. The Morgan fingerprint density at radius 1 is 1.10 bits per heavy atom. The van der Waals surface area contributed by atoms with Crippen LogP contribution in [-0.2, 0) is 6.42 Å². The molecule has 0 bridgehead atoms. The first-order valence-electron chi connectivity index (χ1n) is 7.18. The monoisotopic (exact) mass is 268 g/mol. The molecule has 0 saturated heterocycles. The summed E-state index contributed by atoms with van der Waals surface area (Å²) >= 11 is 0. The van der Waals surface area contributed by atoms with E-state index in [4.69, 9.17) is 10.5 Å². The molecule has 0 aliphatic carbocycles. The summed E-state index contributed by atoms with van der Waals surface area (Å²) in [4.78, 5) is 2.30. The maximum absolute atomic E-state index is 6.29. The summed E-state index contributed by atoms with van der Waals surface area (Å²) in [6.07, 6.45) is 2.28. The van der Waals surface area contributed by atoms with Gasteiger partial charge in [-0.1, -0.05) is 24.3 Å². The Balaban J connectivity index is 2.04. The zero-order chi connectivity index (χ0) is 13.9. The molecular formula is C17H20N2O. The summed E-state index contributed by atoms with van der Waals surface area (Å²) in [6, 6.07) is 14.6. The molecule has 2 aromatic carbocycles. The molecule has 0 spiro atoms. The minimum Gasteiger partial charge on any atom is -0.492 e. The van der Waals surface area contributed by atoms with Crippen molar-refractivity contribution in [1.82, 2.24) is 0 Å². The lowest BCUT2D eigenvalue weighted by atomic mass is 10.0. The topological polar surface area (TPSA) is 38.5 Å². The molecule has 0 unspecified atom stereocenters. The van der Waals surface area contributed by atoms with Crippen molar-refractivity contribution in [3.63, 3.8) is 0 Å². The molecule has 1 aliphatic rings. The largest absolute Gasteiger partial charge is 0.492 e. The van der Waals surface area contributed by atoms with Gasteiger partial charge in [-0.05, 0) is 43.5 Å². The zero-order valence-electron chi connectivity index (χ0n) is 11.8. The van der Waals surface area contributed by atoms with E-state index in [9.17, 15) is 0 Å². The summed E-state index contributed by atoms with van der Waals surface area (Å²) in [7, 11) is 0. The van der Waals surface area contributed by atoms with Crippen LogP contribution in [0, 0.1) is 0 Å². The summed E-state index contributed by atoms with van der Waals surface area (Å²) < 4.78 is 5.60. The van der Waals surface area contributed by atoms with E-state index >= 15 is 0 Å². The van der Waals surface area contributed by atoms with Gasteiger partial charge in [-0.3, -0.25) is 0 Å². The SMILES string of the molecule is CCOc1cccc(N2CCCc3ccccc32)c1N. The van der Waals surface area contributed by atoms with Crippen LogP contribution >= 0.6 is 0 Å². The number of nitrogens with two attached hydrogens (primary N) is 1. The van der Waals surface area contributed by atoms with Crippen molar-refractivity contribution in [2.75, 3.05) is 23.8 Å². The fraction of sp³-hybridized carbons (Fsp3) is 0.294. The second-order valence-corrected chi connectivity index (χ2v) is 5.01. The van der Waals surface area contributed by atoms with Gasteiger partial charge in [-0.15, -0.1) is 0 Å². The molecule has 3 heteroatoms. The van der Waals surface area contributed by atoms with Crippen LogP contribution < -0.4 is 15.4 Å². The number of para-hydroxylation sites is 2. The van der Waals surface area contributed by atoms with Crippen LogP contribution in [0.5, 0.6) is 5.75 Å². The van der Waals surface area contributed by atoms with Gasteiger partial charge in [0.1, 0.15) is 5.75 Å². The fourth-order valence-corrected chi connectivity index (χ4v) is 2.83. The average molecular weight is 268 g/mol. The van der Waals surface area contributed by atoms with Gasteiger partial charge in [0.15, 0.2) is 0 Å². The maximum Gasteiger partial charge on any atom is 0.144 e. The van der Waals surface area contributed by atoms with Crippen molar-refractivity contribution >= 4 is 17.1 Å². The van der Waals surface area contributed by atoms with Crippen molar-refractivity contribution in [1.29, 1.82) is 0 Å². The number of nitrogen functional groups attached to an aromatic ring is 1. The van der Waals surface area contributed by atoms with E-state index in [1.165, 1.54) is 11.3 Å². The van der Waals surface area contributed by atoms with E-state index in [1.807, 2.05) is 19.1 Å². The second kappa shape index (κ2) is 5.45. The number of anilines is 3. The Hall–Kier alpha value is -2.16. The van der Waals surface area contributed by atoms with Gasteiger partial charge in [-0.2, -0.15) is 0 Å². The third kappa shape index (κ3) is 2.20. The Kier molecular flexibility index (Phi) is 3.50. The van der Waals surface area contributed by atoms with Gasteiger partial charge in [0.25, 0.3) is 0 Å². The van der Waals surface area contributed by atoms with Crippen LogP contribution in [0.2, 0.25) is 0 Å². The molecule has 0 fully saturated rings. The number of ether oxygens (including phenoxy) is 1. The van der Waals surface area contributed by atoms with Crippen molar-refractivity contribution in [3.05, 3.63) is 48.0 Å². The highest BCUT2D eigenvalue weighted by atomic mass is 16.5. The Morgan fingerprint density at radius 3 is 2.75 bits per heavy atom. The molecular weight excluding hydrogens is 248 g/mol. The number of rotatable bonds is 3. The Labute approximate surface area is 120 Å². The highest BCUT2D eigenvalue weighted by Gasteiger charge is 2.20. The molecule has 0 aromatic heterocycles. The fourth-order valence-electron chi connectivity index (χ4n) is 2.83. The van der Waals surface area contributed by atoms with Crippen LogP contribution in [0.3, 0.4) is 0 Å². The minimum absolute atomic E-state index is 0.629. The van der Waals surface area contributed by atoms with Crippen LogP contribution in [0.1, 0.15) is 18.9 Å². The van der Waals surface area contributed by atoms with Gasteiger partial charge >= 0.3 is 0 Å². The van der Waals surface area contributed by atoms with E-state index in [0.29, 0.717) is 6.61 Å². The second-order valence-electron chi connectivity index (χ2n) is 5.01.